The first-order valence-corrected chi connectivity index (χ1v) is 7.87. The molecular formula is C18H24N2O. The Morgan fingerprint density at radius 3 is 2.95 bits per heavy atom. The van der Waals surface area contributed by atoms with Gasteiger partial charge in [-0.15, -0.1) is 0 Å². The fraction of sp³-hybridized carbons (Fsp3) is 0.500. The number of nitrogens with two attached hydrogens (primary N) is 1. The van der Waals surface area contributed by atoms with E-state index in [9.17, 15) is 5.11 Å². The van der Waals surface area contributed by atoms with Crippen molar-refractivity contribution in [1.82, 2.24) is 4.98 Å². The van der Waals surface area contributed by atoms with Crippen molar-refractivity contribution in [3.05, 3.63) is 42.2 Å². The summed E-state index contributed by atoms with van der Waals surface area (Å²) >= 11 is 0. The fourth-order valence-electron chi connectivity index (χ4n) is 3.93. The third kappa shape index (κ3) is 2.56. The molecule has 0 bridgehead atoms. The summed E-state index contributed by atoms with van der Waals surface area (Å²) in [5.74, 6) is 0.625. The van der Waals surface area contributed by atoms with Gasteiger partial charge in [0.05, 0.1) is 6.10 Å². The van der Waals surface area contributed by atoms with E-state index in [2.05, 4.69) is 18.0 Å². The van der Waals surface area contributed by atoms with E-state index in [4.69, 9.17) is 5.73 Å². The van der Waals surface area contributed by atoms with Gasteiger partial charge in [-0.1, -0.05) is 44.0 Å². The molecule has 1 aliphatic carbocycles. The standard InChI is InChI=1S/C18H24N2O/c1-13-5-4-8-18(9-13,12-19)17(21)16-11-20-10-14-6-2-3-7-15(14)16/h2-3,6-7,10-11,13,17,21H,4-5,8-9,12,19H2,1H3. The van der Waals surface area contributed by atoms with E-state index in [0.29, 0.717) is 12.5 Å². The quantitative estimate of drug-likeness (QED) is 0.908. The second-order valence-corrected chi connectivity index (χ2v) is 6.62. The molecule has 2 aromatic rings. The first-order chi connectivity index (χ1) is 10.2. The minimum Gasteiger partial charge on any atom is -0.388 e. The maximum atomic E-state index is 11.1. The first-order valence-electron chi connectivity index (χ1n) is 7.87. The topological polar surface area (TPSA) is 59.1 Å². The van der Waals surface area contributed by atoms with Crippen LogP contribution in [0.4, 0.5) is 0 Å². The van der Waals surface area contributed by atoms with Crippen LogP contribution >= 0.6 is 0 Å². The molecule has 1 aromatic carbocycles. The molecule has 3 N–H and O–H groups in total. The predicted molar refractivity (Wildman–Crippen MR) is 85.8 cm³/mol. The maximum absolute atomic E-state index is 11.1. The molecule has 3 atom stereocenters. The van der Waals surface area contributed by atoms with Gasteiger partial charge in [0.2, 0.25) is 0 Å². The Morgan fingerprint density at radius 2 is 2.19 bits per heavy atom. The van der Waals surface area contributed by atoms with E-state index >= 15 is 0 Å². The van der Waals surface area contributed by atoms with Gasteiger partial charge in [-0.05, 0) is 24.1 Å². The smallest absolute Gasteiger partial charge is 0.0879 e. The molecule has 3 rings (SSSR count). The fourth-order valence-corrected chi connectivity index (χ4v) is 3.93. The van der Waals surface area contributed by atoms with Crippen molar-refractivity contribution in [2.75, 3.05) is 6.54 Å². The van der Waals surface area contributed by atoms with Crippen LogP contribution in [0.25, 0.3) is 10.8 Å². The lowest BCUT2D eigenvalue weighted by atomic mass is 9.65. The molecule has 0 saturated heterocycles. The molecule has 0 radical (unpaired) electrons. The molecule has 3 nitrogen and oxygen atoms in total. The van der Waals surface area contributed by atoms with Gasteiger partial charge in [-0.25, -0.2) is 0 Å². The van der Waals surface area contributed by atoms with Crippen LogP contribution < -0.4 is 5.73 Å². The highest BCUT2D eigenvalue weighted by Crippen LogP contribution is 2.48. The Kier molecular flexibility index (Phi) is 3.96. The molecule has 0 aliphatic heterocycles. The zero-order chi connectivity index (χ0) is 14.9. The van der Waals surface area contributed by atoms with Crippen LogP contribution in [0.1, 0.15) is 44.3 Å². The zero-order valence-electron chi connectivity index (χ0n) is 12.6. The van der Waals surface area contributed by atoms with E-state index in [1.165, 1.54) is 6.42 Å². The summed E-state index contributed by atoms with van der Waals surface area (Å²) in [6.07, 6.45) is 7.50. The molecule has 1 fully saturated rings. The normalized spacial score (nSPS) is 27.7. The van der Waals surface area contributed by atoms with Gasteiger partial charge in [0.15, 0.2) is 0 Å². The number of hydrogen-bond acceptors (Lipinski definition) is 3. The van der Waals surface area contributed by atoms with E-state index in [-0.39, 0.29) is 5.41 Å². The molecule has 1 aromatic heterocycles. The Morgan fingerprint density at radius 1 is 1.38 bits per heavy atom. The highest BCUT2D eigenvalue weighted by Gasteiger charge is 2.41. The SMILES string of the molecule is CC1CCCC(CN)(C(O)c2cncc3ccccc23)C1. The average molecular weight is 284 g/mol. The van der Waals surface area contributed by atoms with Crippen LogP contribution in [-0.4, -0.2) is 16.6 Å². The van der Waals surface area contributed by atoms with Crippen molar-refractivity contribution >= 4 is 10.8 Å². The van der Waals surface area contributed by atoms with Crippen LogP contribution in [-0.2, 0) is 0 Å². The maximum Gasteiger partial charge on any atom is 0.0879 e. The third-order valence-corrected chi connectivity index (χ3v) is 5.11. The van der Waals surface area contributed by atoms with Crippen LogP contribution in [0.2, 0.25) is 0 Å². The summed E-state index contributed by atoms with van der Waals surface area (Å²) in [5, 5.41) is 13.3. The number of fused-ring (bicyclic) bond motifs is 1. The van der Waals surface area contributed by atoms with Crippen LogP contribution in [0.3, 0.4) is 0 Å². The number of aliphatic hydroxyl groups excluding tert-OH is 1. The molecule has 1 saturated carbocycles. The van der Waals surface area contributed by atoms with Gasteiger partial charge in [-0.2, -0.15) is 0 Å². The number of benzene rings is 1. The van der Waals surface area contributed by atoms with Crippen molar-refractivity contribution in [3.8, 4) is 0 Å². The van der Waals surface area contributed by atoms with E-state index in [0.717, 1.165) is 35.6 Å². The highest BCUT2D eigenvalue weighted by atomic mass is 16.3. The Hall–Kier alpha value is -1.45. The van der Waals surface area contributed by atoms with Gasteiger partial charge in [0.1, 0.15) is 0 Å². The third-order valence-electron chi connectivity index (χ3n) is 5.11. The minimum absolute atomic E-state index is 0.205. The van der Waals surface area contributed by atoms with E-state index < -0.39 is 6.10 Å². The van der Waals surface area contributed by atoms with Crippen LogP contribution in [0.15, 0.2) is 36.7 Å². The van der Waals surface area contributed by atoms with Gasteiger partial charge < -0.3 is 10.8 Å². The Balaban J connectivity index is 2.04. The monoisotopic (exact) mass is 284 g/mol. The van der Waals surface area contributed by atoms with Gasteiger partial charge in [0, 0.05) is 35.3 Å². The largest absolute Gasteiger partial charge is 0.388 e. The summed E-state index contributed by atoms with van der Waals surface area (Å²) in [4.78, 5) is 4.31. The molecule has 3 unspecified atom stereocenters. The number of aromatic nitrogens is 1. The molecule has 0 amide bonds. The number of nitrogens with zero attached hydrogens (tertiary/aromatic N) is 1. The number of aliphatic hydroxyl groups is 1. The van der Waals surface area contributed by atoms with Crippen molar-refractivity contribution in [2.24, 2.45) is 17.1 Å². The molecular weight excluding hydrogens is 260 g/mol. The molecule has 3 heteroatoms. The number of rotatable bonds is 3. The minimum atomic E-state index is -0.538. The van der Waals surface area contributed by atoms with Crippen molar-refractivity contribution in [3.63, 3.8) is 0 Å². The summed E-state index contributed by atoms with van der Waals surface area (Å²) in [7, 11) is 0. The van der Waals surface area contributed by atoms with Gasteiger partial charge >= 0.3 is 0 Å². The van der Waals surface area contributed by atoms with Crippen molar-refractivity contribution in [2.45, 2.75) is 38.7 Å². The summed E-state index contributed by atoms with van der Waals surface area (Å²) in [6, 6.07) is 8.11. The van der Waals surface area contributed by atoms with E-state index in [1.54, 1.807) is 0 Å². The van der Waals surface area contributed by atoms with Gasteiger partial charge in [-0.3, -0.25) is 4.98 Å². The lowest BCUT2D eigenvalue weighted by Crippen LogP contribution is -2.40. The molecule has 112 valence electrons. The van der Waals surface area contributed by atoms with E-state index in [1.807, 2.05) is 30.6 Å². The number of pyridine rings is 1. The summed E-state index contributed by atoms with van der Waals surface area (Å²) < 4.78 is 0. The second kappa shape index (κ2) is 5.74. The zero-order valence-corrected chi connectivity index (χ0v) is 12.6. The second-order valence-electron chi connectivity index (χ2n) is 6.62. The van der Waals surface area contributed by atoms with Gasteiger partial charge in [0.25, 0.3) is 0 Å². The van der Waals surface area contributed by atoms with Crippen molar-refractivity contribution < 1.29 is 5.11 Å². The lowest BCUT2D eigenvalue weighted by molar-refractivity contribution is -0.0123. The highest BCUT2D eigenvalue weighted by molar-refractivity contribution is 5.85. The molecule has 0 spiro atoms. The molecule has 1 aliphatic rings. The summed E-state index contributed by atoms with van der Waals surface area (Å²) in [6.45, 7) is 2.79. The van der Waals surface area contributed by atoms with Crippen molar-refractivity contribution in [1.29, 1.82) is 0 Å². The van der Waals surface area contributed by atoms with Crippen LogP contribution in [0, 0.1) is 11.3 Å². The summed E-state index contributed by atoms with van der Waals surface area (Å²) in [5.41, 5.74) is 6.82. The molecule has 21 heavy (non-hydrogen) atoms. The van der Waals surface area contributed by atoms with Crippen LogP contribution in [0.5, 0.6) is 0 Å². The lowest BCUT2D eigenvalue weighted by Gasteiger charge is -2.43. The average Bonchev–Trinajstić information content (AvgIpc) is 2.53. The number of hydrogen-bond donors (Lipinski definition) is 2. The first kappa shape index (κ1) is 14.5. The molecule has 1 heterocycles. The Labute approximate surface area is 126 Å². The Bertz CT molecular complexity index is 622. The predicted octanol–water partition coefficient (Wildman–Crippen LogP) is 3.42.